The van der Waals surface area contributed by atoms with Crippen LogP contribution in [0.15, 0.2) is 37.0 Å². The minimum Gasteiger partial charge on any atom is -0.325 e. The Labute approximate surface area is 68.7 Å². The SMILES string of the molecule is C=CC=CC=CC(C)N.Cl. The highest BCUT2D eigenvalue weighted by molar-refractivity contribution is 5.85. The zero-order valence-electron chi connectivity index (χ0n) is 6.16. The lowest BCUT2D eigenvalue weighted by Gasteiger charge is -1.89. The molecule has 0 saturated heterocycles. The molecular formula is C8H14ClN. The van der Waals surface area contributed by atoms with E-state index in [0.29, 0.717) is 0 Å². The van der Waals surface area contributed by atoms with E-state index in [0.717, 1.165) is 0 Å². The topological polar surface area (TPSA) is 26.0 Å². The summed E-state index contributed by atoms with van der Waals surface area (Å²) in [6, 6.07) is 0.138. The van der Waals surface area contributed by atoms with Crippen LogP contribution < -0.4 is 5.73 Å². The fraction of sp³-hybridized carbons (Fsp3) is 0.250. The van der Waals surface area contributed by atoms with Gasteiger partial charge in [0.05, 0.1) is 0 Å². The quantitative estimate of drug-likeness (QED) is 0.627. The molecule has 58 valence electrons. The highest BCUT2D eigenvalue weighted by atomic mass is 35.5. The van der Waals surface area contributed by atoms with Crippen LogP contribution >= 0.6 is 12.4 Å². The van der Waals surface area contributed by atoms with Crippen molar-refractivity contribution in [3.63, 3.8) is 0 Å². The fourth-order valence-corrected chi connectivity index (χ4v) is 0.382. The summed E-state index contributed by atoms with van der Waals surface area (Å²) in [6.07, 6.45) is 9.31. The van der Waals surface area contributed by atoms with Crippen molar-refractivity contribution in [1.82, 2.24) is 0 Å². The molecule has 0 aromatic rings. The first-order valence-electron chi connectivity index (χ1n) is 2.99. The van der Waals surface area contributed by atoms with Gasteiger partial charge in [0, 0.05) is 6.04 Å². The van der Waals surface area contributed by atoms with E-state index < -0.39 is 0 Å². The molecule has 2 N–H and O–H groups in total. The Morgan fingerprint density at radius 2 is 1.90 bits per heavy atom. The maximum atomic E-state index is 5.43. The minimum absolute atomic E-state index is 0. The molecule has 0 fully saturated rings. The summed E-state index contributed by atoms with van der Waals surface area (Å²) in [6.45, 7) is 5.45. The van der Waals surface area contributed by atoms with Gasteiger partial charge in [0.25, 0.3) is 0 Å². The van der Waals surface area contributed by atoms with Gasteiger partial charge in [-0.15, -0.1) is 12.4 Å². The lowest BCUT2D eigenvalue weighted by Crippen LogP contribution is -2.09. The van der Waals surface area contributed by atoms with E-state index in [-0.39, 0.29) is 18.4 Å². The van der Waals surface area contributed by atoms with Crippen LogP contribution in [-0.2, 0) is 0 Å². The molecule has 1 nitrogen and oxygen atoms in total. The third kappa shape index (κ3) is 10.5. The van der Waals surface area contributed by atoms with Gasteiger partial charge in [-0.3, -0.25) is 0 Å². The molecule has 0 spiro atoms. The van der Waals surface area contributed by atoms with Crippen LogP contribution in [0.2, 0.25) is 0 Å². The van der Waals surface area contributed by atoms with E-state index in [4.69, 9.17) is 5.73 Å². The van der Waals surface area contributed by atoms with Crippen molar-refractivity contribution < 1.29 is 0 Å². The molecule has 0 heterocycles. The first-order valence-corrected chi connectivity index (χ1v) is 2.99. The average Bonchev–Trinajstić information content (AvgIpc) is 1.80. The van der Waals surface area contributed by atoms with Crippen molar-refractivity contribution in [3.8, 4) is 0 Å². The van der Waals surface area contributed by atoms with Gasteiger partial charge in [0.15, 0.2) is 0 Å². The van der Waals surface area contributed by atoms with Crippen LogP contribution in [0.1, 0.15) is 6.92 Å². The molecular weight excluding hydrogens is 146 g/mol. The summed E-state index contributed by atoms with van der Waals surface area (Å²) < 4.78 is 0. The standard InChI is InChI=1S/C8H13N.ClH/c1-3-4-5-6-7-8(2)9;/h3-8H,1,9H2,2H3;1H. The predicted octanol–water partition coefficient (Wildman–Crippen LogP) is 2.05. The van der Waals surface area contributed by atoms with E-state index in [2.05, 4.69) is 6.58 Å². The van der Waals surface area contributed by atoms with E-state index in [1.165, 1.54) is 0 Å². The van der Waals surface area contributed by atoms with Crippen LogP contribution in [0, 0.1) is 0 Å². The van der Waals surface area contributed by atoms with Crippen LogP contribution in [0.4, 0.5) is 0 Å². The fourth-order valence-electron chi connectivity index (χ4n) is 0.382. The summed E-state index contributed by atoms with van der Waals surface area (Å²) in [7, 11) is 0. The second-order valence-corrected chi connectivity index (χ2v) is 1.86. The Bertz CT molecular complexity index is 125. The Kier molecular flexibility index (Phi) is 10.3. The molecule has 0 rings (SSSR count). The van der Waals surface area contributed by atoms with Crippen LogP contribution in [0.3, 0.4) is 0 Å². The highest BCUT2D eigenvalue weighted by Gasteiger charge is 1.77. The first-order chi connectivity index (χ1) is 4.27. The number of allylic oxidation sites excluding steroid dienone is 4. The van der Waals surface area contributed by atoms with Crippen molar-refractivity contribution in [1.29, 1.82) is 0 Å². The maximum absolute atomic E-state index is 5.43. The number of rotatable bonds is 3. The second kappa shape index (κ2) is 8.47. The highest BCUT2D eigenvalue weighted by Crippen LogP contribution is 1.80. The molecule has 1 unspecified atom stereocenters. The summed E-state index contributed by atoms with van der Waals surface area (Å²) in [4.78, 5) is 0. The minimum atomic E-state index is 0. The van der Waals surface area contributed by atoms with Crippen molar-refractivity contribution in [2.45, 2.75) is 13.0 Å². The van der Waals surface area contributed by atoms with E-state index in [9.17, 15) is 0 Å². The zero-order chi connectivity index (χ0) is 7.11. The van der Waals surface area contributed by atoms with Crippen molar-refractivity contribution in [2.75, 3.05) is 0 Å². The van der Waals surface area contributed by atoms with E-state index in [1.54, 1.807) is 6.08 Å². The maximum Gasteiger partial charge on any atom is 0.0197 e. The predicted molar refractivity (Wildman–Crippen MR) is 49.4 cm³/mol. The molecule has 0 radical (unpaired) electrons. The van der Waals surface area contributed by atoms with E-state index >= 15 is 0 Å². The van der Waals surface area contributed by atoms with Gasteiger partial charge in [0.2, 0.25) is 0 Å². The van der Waals surface area contributed by atoms with Crippen LogP contribution in [0.5, 0.6) is 0 Å². The van der Waals surface area contributed by atoms with Gasteiger partial charge in [-0.05, 0) is 6.92 Å². The molecule has 2 heteroatoms. The number of hydrogen-bond donors (Lipinski definition) is 1. The lowest BCUT2D eigenvalue weighted by atomic mass is 10.3. The van der Waals surface area contributed by atoms with Gasteiger partial charge < -0.3 is 5.73 Å². The lowest BCUT2D eigenvalue weighted by molar-refractivity contribution is 0.926. The normalized spacial score (nSPS) is 13.4. The first kappa shape index (κ1) is 12.2. The largest absolute Gasteiger partial charge is 0.325 e. The molecule has 0 aromatic carbocycles. The Morgan fingerprint density at radius 1 is 1.30 bits per heavy atom. The molecule has 0 amide bonds. The van der Waals surface area contributed by atoms with Gasteiger partial charge in [-0.1, -0.05) is 37.0 Å². The molecule has 0 aliphatic carbocycles. The molecule has 0 aliphatic heterocycles. The van der Waals surface area contributed by atoms with Crippen LogP contribution in [-0.4, -0.2) is 6.04 Å². The van der Waals surface area contributed by atoms with Gasteiger partial charge in [-0.2, -0.15) is 0 Å². The van der Waals surface area contributed by atoms with Crippen LogP contribution in [0.25, 0.3) is 0 Å². The summed E-state index contributed by atoms with van der Waals surface area (Å²) in [5.74, 6) is 0. The van der Waals surface area contributed by atoms with Gasteiger partial charge in [-0.25, -0.2) is 0 Å². The molecule has 0 bridgehead atoms. The molecule has 0 aliphatic rings. The third-order valence-electron chi connectivity index (χ3n) is 0.773. The second-order valence-electron chi connectivity index (χ2n) is 1.86. The number of halogens is 1. The smallest absolute Gasteiger partial charge is 0.0197 e. The molecule has 1 atom stereocenters. The Balaban J connectivity index is 0. The third-order valence-corrected chi connectivity index (χ3v) is 0.773. The Hall–Kier alpha value is -0.530. The van der Waals surface area contributed by atoms with Crippen molar-refractivity contribution in [2.24, 2.45) is 5.73 Å². The van der Waals surface area contributed by atoms with Crippen molar-refractivity contribution >= 4 is 12.4 Å². The summed E-state index contributed by atoms with van der Waals surface area (Å²) in [5.41, 5.74) is 5.43. The number of hydrogen-bond acceptors (Lipinski definition) is 1. The average molecular weight is 160 g/mol. The summed E-state index contributed by atoms with van der Waals surface area (Å²) >= 11 is 0. The number of nitrogens with two attached hydrogens (primary N) is 1. The molecule has 0 saturated carbocycles. The molecule has 0 aromatic heterocycles. The van der Waals surface area contributed by atoms with E-state index in [1.807, 2.05) is 31.2 Å². The monoisotopic (exact) mass is 159 g/mol. The molecule has 10 heavy (non-hydrogen) atoms. The summed E-state index contributed by atoms with van der Waals surface area (Å²) in [5, 5.41) is 0. The zero-order valence-corrected chi connectivity index (χ0v) is 6.97. The Morgan fingerprint density at radius 3 is 2.30 bits per heavy atom. The van der Waals surface area contributed by atoms with Gasteiger partial charge >= 0.3 is 0 Å². The van der Waals surface area contributed by atoms with Gasteiger partial charge in [0.1, 0.15) is 0 Å². The van der Waals surface area contributed by atoms with Crippen molar-refractivity contribution in [3.05, 3.63) is 37.0 Å².